The Balaban J connectivity index is 1.20. The maximum absolute atomic E-state index is 13.3. The van der Waals surface area contributed by atoms with Crippen molar-refractivity contribution in [3.05, 3.63) is 83.4 Å². The SMILES string of the molecule is C[C@@H](c1ccc(-c2nc([C@@H]3CC[C@H]4CNC5(CC5)C(=O)N4C3)n3ccnc(N)c23)cc1)c1cccc(C(F)(F)F)c1. The molecule has 10 heteroatoms. The van der Waals surface area contributed by atoms with Crippen molar-refractivity contribution < 1.29 is 18.0 Å². The summed E-state index contributed by atoms with van der Waals surface area (Å²) in [6.07, 6.45) is 2.78. The number of nitrogens with two attached hydrogens (primary N) is 1. The average Bonchev–Trinajstić information content (AvgIpc) is 3.65. The molecule has 3 N–H and O–H groups in total. The number of nitrogen functional groups attached to an aromatic ring is 1. The van der Waals surface area contributed by atoms with Gasteiger partial charge in [0, 0.05) is 48.9 Å². The van der Waals surface area contributed by atoms with Gasteiger partial charge in [-0.1, -0.05) is 49.4 Å². The third-order valence-electron chi connectivity index (χ3n) is 9.18. The van der Waals surface area contributed by atoms with Crippen LogP contribution >= 0.6 is 0 Å². The molecule has 2 aromatic carbocycles. The van der Waals surface area contributed by atoms with Crippen molar-refractivity contribution in [2.24, 2.45) is 0 Å². The fourth-order valence-electron chi connectivity index (χ4n) is 6.56. The molecule has 7 rings (SSSR count). The number of piperazine rings is 1. The lowest BCUT2D eigenvalue weighted by molar-refractivity contribution is -0.142. The van der Waals surface area contributed by atoms with E-state index in [1.807, 2.05) is 41.8 Å². The van der Waals surface area contributed by atoms with Crippen LogP contribution in [-0.2, 0) is 11.0 Å². The minimum atomic E-state index is -4.38. The summed E-state index contributed by atoms with van der Waals surface area (Å²) in [6.45, 7) is 3.37. The zero-order valence-electron chi connectivity index (χ0n) is 22.7. The molecule has 3 atom stereocenters. The number of hydrogen-bond donors (Lipinski definition) is 2. The van der Waals surface area contributed by atoms with Gasteiger partial charge in [-0.15, -0.1) is 0 Å². The summed E-state index contributed by atoms with van der Waals surface area (Å²) in [5.41, 5.74) is 9.14. The summed E-state index contributed by atoms with van der Waals surface area (Å²) in [4.78, 5) is 24.8. The lowest BCUT2D eigenvalue weighted by Crippen LogP contribution is -2.63. The van der Waals surface area contributed by atoms with Gasteiger partial charge in [-0.3, -0.25) is 9.20 Å². The monoisotopic (exact) mass is 560 g/mol. The third-order valence-corrected chi connectivity index (χ3v) is 9.18. The number of hydrogen-bond acceptors (Lipinski definition) is 5. The van der Waals surface area contributed by atoms with Crippen LogP contribution in [0.1, 0.15) is 67.0 Å². The largest absolute Gasteiger partial charge is 0.416 e. The number of carbonyl (C=O) groups is 1. The first-order chi connectivity index (χ1) is 19.6. The molecule has 4 heterocycles. The summed E-state index contributed by atoms with van der Waals surface area (Å²) in [5.74, 6) is 1.28. The van der Waals surface area contributed by atoms with Crippen molar-refractivity contribution in [2.45, 2.75) is 62.2 Å². The van der Waals surface area contributed by atoms with Crippen molar-refractivity contribution in [1.82, 2.24) is 24.6 Å². The standard InChI is InChI=1S/C31H31F3N6O/c1-18(21-3-2-4-23(15-21)31(32,33)34)19-5-7-20(8-6-19)25-26-27(35)36-13-14-39(26)28(38-25)22-9-10-24-16-37-30(11-12-30)29(41)40(24)17-22/h2-8,13-15,18,22,24,37H,9-12,16-17H2,1H3,(H2,35,36)/t18-,22+,24-/m0/s1. The second kappa shape index (κ2) is 9.30. The highest BCUT2D eigenvalue weighted by molar-refractivity contribution is 5.91. The van der Waals surface area contributed by atoms with E-state index in [0.29, 0.717) is 29.1 Å². The lowest BCUT2D eigenvalue weighted by Gasteiger charge is -2.45. The van der Waals surface area contributed by atoms with E-state index in [-0.39, 0.29) is 29.3 Å². The number of piperidine rings is 1. The number of anilines is 1. The number of carbonyl (C=O) groups excluding carboxylic acids is 1. The Morgan fingerprint density at radius 3 is 2.61 bits per heavy atom. The summed E-state index contributed by atoms with van der Waals surface area (Å²) < 4.78 is 41.8. The van der Waals surface area contributed by atoms with Gasteiger partial charge in [0.1, 0.15) is 22.9 Å². The molecule has 2 aliphatic heterocycles. The number of fused-ring (bicyclic) bond motifs is 2. The van der Waals surface area contributed by atoms with Gasteiger partial charge < -0.3 is 16.0 Å². The predicted molar refractivity (Wildman–Crippen MR) is 149 cm³/mol. The van der Waals surface area contributed by atoms with Gasteiger partial charge in [0.25, 0.3) is 0 Å². The highest BCUT2D eigenvalue weighted by Crippen LogP contribution is 2.43. The zero-order valence-corrected chi connectivity index (χ0v) is 22.7. The van der Waals surface area contributed by atoms with E-state index >= 15 is 0 Å². The van der Waals surface area contributed by atoms with Crippen molar-refractivity contribution in [3.8, 4) is 11.3 Å². The molecule has 1 amide bonds. The maximum atomic E-state index is 13.3. The molecule has 41 heavy (non-hydrogen) atoms. The molecule has 2 aromatic heterocycles. The Labute approximate surface area is 235 Å². The normalized spacial score (nSPS) is 22.6. The first kappa shape index (κ1) is 26.0. The van der Waals surface area contributed by atoms with Crippen LogP contribution in [0.3, 0.4) is 0 Å². The molecule has 212 valence electrons. The smallest absolute Gasteiger partial charge is 0.382 e. The number of benzene rings is 2. The van der Waals surface area contributed by atoms with Gasteiger partial charge in [-0.25, -0.2) is 9.97 Å². The molecule has 3 fully saturated rings. The van der Waals surface area contributed by atoms with Gasteiger partial charge in [0.2, 0.25) is 5.91 Å². The summed E-state index contributed by atoms with van der Waals surface area (Å²) in [5, 5.41) is 3.48. The van der Waals surface area contributed by atoms with Crippen molar-refractivity contribution in [2.75, 3.05) is 18.8 Å². The summed E-state index contributed by atoms with van der Waals surface area (Å²) in [7, 11) is 0. The number of nitrogens with one attached hydrogen (secondary N) is 1. The molecule has 1 saturated carbocycles. The molecule has 1 aliphatic carbocycles. The molecule has 7 nitrogen and oxygen atoms in total. The van der Waals surface area contributed by atoms with E-state index in [1.54, 1.807) is 12.3 Å². The van der Waals surface area contributed by atoms with Gasteiger partial charge >= 0.3 is 6.18 Å². The van der Waals surface area contributed by atoms with Crippen molar-refractivity contribution in [3.63, 3.8) is 0 Å². The van der Waals surface area contributed by atoms with Crippen LogP contribution in [0.4, 0.5) is 19.0 Å². The summed E-state index contributed by atoms with van der Waals surface area (Å²) in [6, 6.07) is 13.4. The molecule has 0 bridgehead atoms. The molecule has 0 radical (unpaired) electrons. The van der Waals surface area contributed by atoms with Crippen molar-refractivity contribution >= 4 is 17.2 Å². The zero-order chi connectivity index (χ0) is 28.5. The number of imidazole rings is 1. The molecule has 4 aromatic rings. The molecule has 3 aliphatic rings. The fraction of sp³-hybridized carbons (Fsp3) is 0.387. The van der Waals surface area contributed by atoms with Crippen LogP contribution < -0.4 is 11.1 Å². The highest BCUT2D eigenvalue weighted by atomic mass is 19.4. The number of aromatic nitrogens is 3. The highest BCUT2D eigenvalue weighted by Gasteiger charge is 2.56. The average molecular weight is 561 g/mol. The molecule has 2 saturated heterocycles. The van der Waals surface area contributed by atoms with Gasteiger partial charge in [0.15, 0.2) is 0 Å². The van der Waals surface area contributed by atoms with Gasteiger partial charge in [-0.2, -0.15) is 13.2 Å². The van der Waals surface area contributed by atoms with Gasteiger partial charge in [-0.05, 0) is 42.9 Å². The Morgan fingerprint density at radius 2 is 1.88 bits per heavy atom. The molecule has 1 spiro atoms. The third kappa shape index (κ3) is 4.36. The lowest BCUT2D eigenvalue weighted by atomic mass is 9.89. The van der Waals surface area contributed by atoms with Gasteiger partial charge in [0.05, 0.1) is 11.1 Å². The molecular formula is C31H31F3N6O. The number of amides is 1. The van der Waals surface area contributed by atoms with Crippen LogP contribution in [0.2, 0.25) is 0 Å². The second-order valence-corrected chi connectivity index (χ2v) is 11.7. The van der Waals surface area contributed by atoms with Crippen molar-refractivity contribution in [1.29, 1.82) is 0 Å². The predicted octanol–water partition coefficient (Wildman–Crippen LogP) is 5.36. The summed E-state index contributed by atoms with van der Waals surface area (Å²) >= 11 is 0. The second-order valence-electron chi connectivity index (χ2n) is 11.7. The van der Waals surface area contributed by atoms with Crippen LogP contribution in [0, 0.1) is 0 Å². The number of rotatable bonds is 4. The van der Waals surface area contributed by atoms with Crippen LogP contribution in [0.15, 0.2) is 60.9 Å². The fourth-order valence-corrected chi connectivity index (χ4v) is 6.56. The minimum absolute atomic E-state index is 0.0624. The first-order valence-electron chi connectivity index (χ1n) is 14.1. The first-order valence-corrected chi connectivity index (χ1v) is 14.1. The van der Waals surface area contributed by atoms with Crippen LogP contribution in [-0.4, -0.2) is 49.8 Å². The van der Waals surface area contributed by atoms with E-state index in [4.69, 9.17) is 10.7 Å². The molecular weight excluding hydrogens is 529 g/mol. The Hall–Kier alpha value is -3.92. The number of alkyl halides is 3. The van der Waals surface area contributed by atoms with E-state index in [1.165, 1.54) is 12.1 Å². The molecule has 0 unspecified atom stereocenters. The quantitative estimate of drug-likeness (QED) is 0.351. The Kier molecular flexibility index (Phi) is 5.90. The Bertz CT molecular complexity index is 1640. The minimum Gasteiger partial charge on any atom is -0.382 e. The van der Waals surface area contributed by atoms with Crippen LogP contribution in [0.5, 0.6) is 0 Å². The Morgan fingerprint density at radius 1 is 1.10 bits per heavy atom. The number of nitrogens with zero attached hydrogens (tertiary/aromatic N) is 4. The topological polar surface area (TPSA) is 88.5 Å². The van der Waals surface area contributed by atoms with E-state index < -0.39 is 11.7 Å². The van der Waals surface area contributed by atoms with E-state index in [2.05, 4.69) is 15.2 Å². The number of halogens is 3. The maximum Gasteiger partial charge on any atom is 0.416 e. The van der Waals surface area contributed by atoms with Crippen LogP contribution in [0.25, 0.3) is 16.8 Å². The van der Waals surface area contributed by atoms with E-state index in [9.17, 15) is 18.0 Å². The van der Waals surface area contributed by atoms with E-state index in [0.717, 1.165) is 55.2 Å².